The van der Waals surface area contributed by atoms with Crippen LogP contribution in [0, 0.1) is 6.92 Å². The van der Waals surface area contributed by atoms with E-state index in [-0.39, 0.29) is 17.9 Å². The predicted octanol–water partition coefficient (Wildman–Crippen LogP) is 1.88. The lowest BCUT2D eigenvalue weighted by molar-refractivity contribution is -0.142. The smallest absolute Gasteiger partial charge is 0.251 e. The summed E-state index contributed by atoms with van der Waals surface area (Å²) < 4.78 is 5.51. The van der Waals surface area contributed by atoms with Crippen molar-refractivity contribution in [1.82, 2.24) is 15.1 Å². The van der Waals surface area contributed by atoms with Gasteiger partial charge in [0.2, 0.25) is 5.91 Å². The van der Waals surface area contributed by atoms with E-state index in [1.807, 2.05) is 24.0 Å². The number of aliphatic imine (C=N–C) groups is 1. The number of piperazine rings is 1. The Kier molecular flexibility index (Phi) is 7.93. The molecule has 2 aliphatic heterocycles. The molecule has 0 spiro atoms. The Morgan fingerprint density at radius 2 is 1.97 bits per heavy atom. The van der Waals surface area contributed by atoms with Crippen molar-refractivity contribution in [2.75, 3.05) is 51.7 Å². The first-order chi connectivity index (χ1) is 14.5. The molecule has 2 saturated heterocycles. The van der Waals surface area contributed by atoms with Gasteiger partial charge in [-0.25, -0.2) is 0 Å². The average Bonchev–Trinajstić information content (AvgIpc) is 3.29. The highest BCUT2D eigenvalue weighted by Gasteiger charge is 2.30. The van der Waals surface area contributed by atoms with Crippen molar-refractivity contribution in [2.24, 2.45) is 4.99 Å². The molecule has 30 heavy (non-hydrogen) atoms. The molecule has 9 heteroatoms. The average molecular weight is 436 g/mol. The molecular weight excluding hydrogens is 406 g/mol. The first-order valence-corrected chi connectivity index (χ1v) is 10.8. The van der Waals surface area contributed by atoms with Gasteiger partial charge in [-0.05, 0) is 37.5 Å². The van der Waals surface area contributed by atoms with E-state index in [4.69, 9.17) is 16.3 Å². The molecular formula is C21H30ClN5O3. The number of amides is 2. The van der Waals surface area contributed by atoms with Gasteiger partial charge in [0, 0.05) is 63.5 Å². The summed E-state index contributed by atoms with van der Waals surface area (Å²) >= 11 is 6.10. The molecule has 1 unspecified atom stereocenters. The Balaban J connectivity index is 1.41. The molecule has 2 heterocycles. The highest BCUT2D eigenvalue weighted by atomic mass is 35.5. The van der Waals surface area contributed by atoms with Gasteiger partial charge in [-0.15, -0.1) is 0 Å². The van der Waals surface area contributed by atoms with Crippen molar-refractivity contribution in [3.05, 3.63) is 28.8 Å². The van der Waals surface area contributed by atoms with Crippen molar-refractivity contribution >= 4 is 35.1 Å². The summed E-state index contributed by atoms with van der Waals surface area (Å²) in [6, 6.07) is 5.45. The maximum atomic E-state index is 12.5. The summed E-state index contributed by atoms with van der Waals surface area (Å²) in [6.45, 7) is 5.71. The number of carbonyl (C=O) groups is 2. The molecule has 164 valence electrons. The maximum Gasteiger partial charge on any atom is 0.251 e. The summed E-state index contributed by atoms with van der Waals surface area (Å²) in [6.07, 6.45) is 1.81. The third kappa shape index (κ3) is 5.64. The predicted molar refractivity (Wildman–Crippen MR) is 118 cm³/mol. The van der Waals surface area contributed by atoms with Gasteiger partial charge >= 0.3 is 0 Å². The molecule has 1 aromatic carbocycles. The first-order valence-electron chi connectivity index (χ1n) is 10.4. The number of rotatable bonds is 5. The van der Waals surface area contributed by atoms with Crippen LogP contribution in [0.3, 0.4) is 0 Å². The monoisotopic (exact) mass is 435 g/mol. The van der Waals surface area contributed by atoms with Crippen LogP contribution >= 0.6 is 11.6 Å². The Morgan fingerprint density at radius 3 is 2.63 bits per heavy atom. The third-order valence-electron chi connectivity index (χ3n) is 5.48. The second-order valence-corrected chi connectivity index (χ2v) is 7.91. The molecule has 1 aromatic rings. The summed E-state index contributed by atoms with van der Waals surface area (Å²) in [7, 11) is 1.72. The van der Waals surface area contributed by atoms with E-state index in [0.717, 1.165) is 30.1 Å². The summed E-state index contributed by atoms with van der Waals surface area (Å²) in [5.74, 6) is 0.754. The Bertz CT molecular complexity index is 787. The molecule has 2 fully saturated rings. The minimum Gasteiger partial charge on any atom is -0.368 e. The lowest BCUT2D eigenvalue weighted by Crippen LogP contribution is -2.55. The van der Waals surface area contributed by atoms with Gasteiger partial charge in [0.05, 0.1) is 0 Å². The molecule has 0 aromatic heterocycles. The fourth-order valence-corrected chi connectivity index (χ4v) is 3.86. The molecule has 0 bridgehead atoms. The molecule has 2 aliphatic rings. The SMILES string of the molecule is CN=C(NCCC(=O)Nc1cccc(Cl)c1C)N1CCN(C(=O)C2CCCO2)CC1. The minimum absolute atomic E-state index is 0.0877. The Labute approximate surface area is 182 Å². The van der Waals surface area contributed by atoms with Crippen molar-refractivity contribution in [3.63, 3.8) is 0 Å². The molecule has 2 amide bonds. The number of nitrogens with zero attached hydrogens (tertiary/aromatic N) is 3. The van der Waals surface area contributed by atoms with Crippen LogP contribution < -0.4 is 10.6 Å². The Morgan fingerprint density at radius 1 is 1.23 bits per heavy atom. The van der Waals surface area contributed by atoms with Crippen molar-refractivity contribution < 1.29 is 14.3 Å². The largest absolute Gasteiger partial charge is 0.368 e. The Hall–Kier alpha value is -2.32. The maximum absolute atomic E-state index is 12.5. The van der Waals surface area contributed by atoms with Crippen molar-refractivity contribution in [3.8, 4) is 0 Å². The summed E-state index contributed by atoms with van der Waals surface area (Å²) in [5, 5.41) is 6.76. The summed E-state index contributed by atoms with van der Waals surface area (Å²) in [5.41, 5.74) is 1.58. The molecule has 0 radical (unpaired) electrons. The van der Waals surface area contributed by atoms with Gasteiger partial charge in [0.15, 0.2) is 5.96 Å². The van der Waals surface area contributed by atoms with Crippen LogP contribution in [-0.4, -0.2) is 80.1 Å². The zero-order valence-electron chi connectivity index (χ0n) is 17.6. The van der Waals surface area contributed by atoms with Gasteiger partial charge in [-0.1, -0.05) is 17.7 Å². The van der Waals surface area contributed by atoms with Crippen molar-refractivity contribution in [2.45, 2.75) is 32.3 Å². The van der Waals surface area contributed by atoms with Gasteiger partial charge in [0.1, 0.15) is 6.10 Å². The number of guanidine groups is 1. The highest BCUT2D eigenvalue weighted by Crippen LogP contribution is 2.23. The number of anilines is 1. The zero-order chi connectivity index (χ0) is 21.5. The molecule has 0 saturated carbocycles. The number of nitrogens with one attached hydrogen (secondary N) is 2. The number of hydrogen-bond donors (Lipinski definition) is 2. The minimum atomic E-state index is -0.268. The number of halogens is 1. The van der Waals surface area contributed by atoms with Crippen LogP contribution in [0.15, 0.2) is 23.2 Å². The number of ether oxygens (including phenoxy) is 1. The van der Waals surface area contributed by atoms with Crippen LogP contribution in [0.25, 0.3) is 0 Å². The van der Waals surface area contributed by atoms with Gasteiger partial charge < -0.3 is 25.2 Å². The first kappa shape index (κ1) is 22.4. The third-order valence-corrected chi connectivity index (χ3v) is 5.89. The lowest BCUT2D eigenvalue weighted by Gasteiger charge is -2.37. The van der Waals surface area contributed by atoms with E-state index in [0.29, 0.717) is 50.8 Å². The van der Waals surface area contributed by atoms with E-state index in [2.05, 4.69) is 20.5 Å². The van der Waals surface area contributed by atoms with Crippen molar-refractivity contribution in [1.29, 1.82) is 0 Å². The fraction of sp³-hybridized carbons (Fsp3) is 0.571. The topological polar surface area (TPSA) is 86.3 Å². The molecule has 0 aliphatic carbocycles. The molecule has 8 nitrogen and oxygen atoms in total. The quantitative estimate of drug-likeness (QED) is 0.544. The lowest BCUT2D eigenvalue weighted by atomic mass is 10.2. The van der Waals surface area contributed by atoms with Crippen LogP contribution in [0.1, 0.15) is 24.8 Å². The zero-order valence-corrected chi connectivity index (χ0v) is 18.4. The standard InChI is InChI=1S/C21H30ClN5O3/c1-15-16(22)5-3-6-17(15)25-19(28)8-9-24-21(23-2)27-12-10-26(11-13-27)20(29)18-7-4-14-30-18/h3,5-6,18H,4,7-14H2,1-2H3,(H,23,24)(H,25,28). The van der Waals surface area contributed by atoms with E-state index >= 15 is 0 Å². The molecule has 2 N–H and O–H groups in total. The number of carbonyl (C=O) groups excluding carboxylic acids is 2. The van der Waals surface area contributed by atoms with Crippen LogP contribution in [-0.2, 0) is 14.3 Å². The van der Waals surface area contributed by atoms with E-state index in [1.165, 1.54) is 0 Å². The van der Waals surface area contributed by atoms with Gasteiger partial charge in [0.25, 0.3) is 5.91 Å². The van der Waals surface area contributed by atoms with E-state index < -0.39 is 0 Å². The summed E-state index contributed by atoms with van der Waals surface area (Å²) in [4.78, 5) is 33.0. The van der Waals surface area contributed by atoms with Crippen LogP contribution in [0.5, 0.6) is 0 Å². The highest BCUT2D eigenvalue weighted by molar-refractivity contribution is 6.31. The van der Waals surface area contributed by atoms with E-state index in [1.54, 1.807) is 13.1 Å². The van der Waals surface area contributed by atoms with Crippen LogP contribution in [0.4, 0.5) is 5.69 Å². The molecule has 1 atom stereocenters. The molecule has 3 rings (SSSR count). The number of hydrogen-bond acceptors (Lipinski definition) is 4. The van der Waals surface area contributed by atoms with Gasteiger partial charge in [-0.3, -0.25) is 14.6 Å². The fourth-order valence-electron chi connectivity index (χ4n) is 3.69. The normalized spacial score (nSPS) is 19.7. The van der Waals surface area contributed by atoms with E-state index in [9.17, 15) is 9.59 Å². The van der Waals surface area contributed by atoms with Crippen LogP contribution in [0.2, 0.25) is 5.02 Å². The second kappa shape index (κ2) is 10.6. The number of benzene rings is 1. The van der Waals surface area contributed by atoms with Gasteiger partial charge in [-0.2, -0.15) is 0 Å². The second-order valence-electron chi connectivity index (χ2n) is 7.50.